The number of aliphatic hydroxyl groups excluding tert-OH is 1. The maximum absolute atomic E-state index is 9.14. The standard InChI is InChI=1S/C13H20ClNO2/c1-4-15-10(3)11-5-6-13(12(14)7-11)17-8-9(2)16/h5-7,9-10,15-16H,4,8H2,1-3H3. The van der Waals surface area contributed by atoms with E-state index < -0.39 is 6.10 Å². The zero-order valence-electron chi connectivity index (χ0n) is 10.5. The minimum atomic E-state index is -0.494. The molecule has 2 atom stereocenters. The first-order chi connectivity index (χ1) is 8.04. The van der Waals surface area contributed by atoms with Crippen molar-refractivity contribution in [2.45, 2.75) is 32.9 Å². The van der Waals surface area contributed by atoms with Gasteiger partial charge in [0.05, 0.1) is 11.1 Å². The van der Waals surface area contributed by atoms with Crippen molar-refractivity contribution >= 4 is 11.6 Å². The molecule has 2 N–H and O–H groups in total. The normalized spacial score (nSPS) is 14.4. The molecule has 0 fully saturated rings. The fourth-order valence-corrected chi connectivity index (χ4v) is 1.78. The fraction of sp³-hybridized carbons (Fsp3) is 0.538. The molecule has 3 nitrogen and oxygen atoms in total. The molecule has 0 aliphatic carbocycles. The van der Waals surface area contributed by atoms with Gasteiger partial charge in [0.15, 0.2) is 0 Å². The van der Waals surface area contributed by atoms with Crippen molar-refractivity contribution < 1.29 is 9.84 Å². The van der Waals surface area contributed by atoms with Crippen molar-refractivity contribution in [1.82, 2.24) is 5.32 Å². The molecule has 1 aromatic rings. The van der Waals surface area contributed by atoms with Crippen LogP contribution in [0.3, 0.4) is 0 Å². The topological polar surface area (TPSA) is 41.5 Å². The van der Waals surface area contributed by atoms with Crippen molar-refractivity contribution in [2.24, 2.45) is 0 Å². The van der Waals surface area contributed by atoms with Crippen LogP contribution in [0.25, 0.3) is 0 Å². The number of rotatable bonds is 6. The maximum Gasteiger partial charge on any atom is 0.138 e. The largest absolute Gasteiger partial charge is 0.489 e. The molecule has 17 heavy (non-hydrogen) atoms. The molecule has 96 valence electrons. The van der Waals surface area contributed by atoms with Crippen LogP contribution in [-0.2, 0) is 0 Å². The minimum absolute atomic E-state index is 0.252. The maximum atomic E-state index is 9.14. The third kappa shape index (κ3) is 4.54. The summed E-state index contributed by atoms with van der Waals surface area (Å²) in [5.74, 6) is 0.611. The van der Waals surface area contributed by atoms with Gasteiger partial charge in [-0.2, -0.15) is 0 Å². The van der Waals surface area contributed by atoms with Crippen molar-refractivity contribution in [2.75, 3.05) is 13.2 Å². The number of hydrogen-bond donors (Lipinski definition) is 2. The Morgan fingerprint density at radius 2 is 2.12 bits per heavy atom. The fourth-order valence-electron chi connectivity index (χ4n) is 1.54. The van der Waals surface area contributed by atoms with Gasteiger partial charge in [-0.25, -0.2) is 0 Å². The zero-order chi connectivity index (χ0) is 12.8. The molecule has 1 aromatic carbocycles. The molecule has 2 unspecified atom stereocenters. The van der Waals surface area contributed by atoms with Crippen molar-refractivity contribution in [3.8, 4) is 5.75 Å². The van der Waals surface area contributed by atoms with Crippen LogP contribution in [0.1, 0.15) is 32.4 Å². The van der Waals surface area contributed by atoms with E-state index in [9.17, 15) is 0 Å². The monoisotopic (exact) mass is 257 g/mol. The van der Waals surface area contributed by atoms with Gasteiger partial charge in [0.2, 0.25) is 0 Å². The molecular weight excluding hydrogens is 238 g/mol. The average Bonchev–Trinajstić information content (AvgIpc) is 2.27. The Morgan fingerprint density at radius 3 is 2.65 bits per heavy atom. The van der Waals surface area contributed by atoms with Crippen LogP contribution in [-0.4, -0.2) is 24.4 Å². The van der Waals surface area contributed by atoms with E-state index in [4.69, 9.17) is 21.4 Å². The summed E-state index contributed by atoms with van der Waals surface area (Å²) in [7, 11) is 0. The predicted octanol–water partition coefficient (Wildman–Crippen LogP) is 2.77. The lowest BCUT2D eigenvalue weighted by Crippen LogP contribution is -2.17. The molecular formula is C13H20ClNO2. The quantitative estimate of drug-likeness (QED) is 0.824. The van der Waals surface area contributed by atoms with Gasteiger partial charge in [0, 0.05) is 6.04 Å². The second-order valence-electron chi connectivity index (χ2n) is 4.13. The molecule has 0 amide bonds. The highest BCUT2D eigenvalue weighted by Gasteiger charge is 2.08. The highest BCUT2D eigenvalue weighted by molar-refractivity contribution is 6.32. The van der Waals surface area contributed by atoms with E-state index in [1.165, 1.54) is 0 Å². The number of benzene rings is 1. The summed E-state index contributed by atoms with van der Waals surface area (Å²) >= 11 is 6.12. The van der Waals surface area contributed by atoms with Gasteiger partial charge in [0.1, 0.15) is 12.4 Å². The second-order valence-corrected chi connectivity index (χ2v) is 4.54. The second kappa shape index (κ2) is 6.84. The number of ether oxygens (including phenoxy) is 1. The Kier molecular flexibility index (Phi) is 5.75. The molecule has 1 rings (SSSR count). The van der Waals surface area contributed by atoms with Gasteiger partial charge in [-0.3, -0.25) is 0 Å². The highest BCUT2D eigenvalue weighted by Crippen LogP contribution is 2.27. The van der Waals surface area contributed by atoms with Gasteiger partial charge >= 0.3 is 0 Å². The van der Waals surface area contributed by atoms with Crippen LogP contribution < -0.4 is 10.1 Å². The van der Waals surface area contributed by atoms with Gasteiger partial charge in [-0.05, 0) is 38.1 Å². The Morgan fingerprint density at radius 1 is 1.41 bits per heavy atom. The Balaban J connectivity index is 2.72. The highest BCUT2D eigenvalue weighted by atomic mass is 35.5. The molecule has 0 aliphatic rings. The first kappa shape index (κ1) is 14.3. The summed E-state index contributed by atoms with van der Waals surface area (Å²) in [4.78, 5) is 0. The molecule has 0 heterocycles. The van der Waals surface area contributed by atoms with E-state index in [1.807, 2.05) is 18.2 Å². The Bertz CT molecular complexity index is 355. The Hall–Kier alpha value is -0.770. The van der Waals surface area contributed by atoms with Gasteiger partial charge in [0.25, 0.3) is 0 Å². The van der Waals surface area contributed by atoms with Gasteiger partial charge < -0.3 is 15.2 Å². The third-order valence-electron chi connectivity index (χ3n) is 2.45. The molecule has 0 spiro atoms. The molecule has 0 saturated carbocycles. The van der Waals surface area contributed by atoms with Crippen LogP contribution in [0.5, 0.6) is 5.75 Å². The number of nitrogens with one attached hydrogen (secondary N) is 1. The first-order valence-electron chi connectivity index (χ1n) is 5.88. The van der Waals surface area contributed by atoms with E-state index in [0.717, 1.165) is 12.1 Å². The lowest BCUT2D eigenvalue weighted by molar-refractivity contribution is 0.123. The van der Waals surface area contributed by atoms with Crippen LogP contribution in [0.4, 0.5) is 0 Å². The van der Waals surface area contributed by atoms with E-state index in [1.54, 1.807) is 6.92 Å². The number of hydrogen-bond acceptors (Lipinski definition) is 3. The van der Waals surface area contributed by atoms with Crippen LogP contribution in [0.2, 0.25) is 5.02 Å². The molecule has 0 saturated heterocycles. The summed E-state index contributed by atoms with van der Waals surface area (Å²) in [6.07, 6.45) is -0.494. The SMILES string of the molecule is CCNC(C)c1ccc(OCC(C)O)c(Cl)c1. The number of halogens is 1. The van der Waals surface area contributed by atoms with Crippen molar-refractivity contribution in [3.05, 3.63) is 28.8 Å². The van der Waals surface area contributed by atoms with Crippen molar-refractivity contribution in [1.29, 1.82) is 0 Å². The van der Waals surface area contributed by atoms with Gasteiger partial charge in [-0.1, -0.05) is 24.6 Å². The summed E-state index contributed by atoms with van der Waals surface area (Å²) < 4.78 is 5.39. The molecule has 0 radical (unpaired) electrons. The number of aliphatic hydroxyl groups is 1. The molecule has 4 heteroatoms. The lowest BCUT2D eigenvalue weighted by atomic mass is 10.1. The first-order valence-corrected chi connectivity index (χ1v) is 6.26. The average molecular weight is 258 g/mol. The van der Waals surface area contributed by atoms with Crippen molar-refractivity contribution in [3.63, 3.8) is 0 Å². The van der Waals surface area contributed by atoms with Crippen LogP contribution >= 0.6 is 11.6 Å². The van der Waals surface area contributed by atoms with E-state index in [0.29, 0.717) is 10.8 Å². The van der Waals surface area contributed by atoms with Gasteiger partial charge in [-0.15, -0.1) is 0 Å². The van der Waals surface area contributed by atoms with E-state index in [2.05, 4.69) is 19.2 Å². The smallest absolute Gasteiger partial charge is 0.138 e. The summed E-state index contributed by atoms with van der Waals surface area (Å²) in [6, 6.07) is 5.99. The molecule has 0 bridgehead atoms. The van der Waals surface area contributed by atoms with E-state index in [-0.39, 0.29) is 12.6 Å². The lowest BCUT2D eigenvalue weighted by Gasteiger charge is -2.15. The minimum Gasteiger partial charge on any atom is -0.489 e. The molecule has 0 aliphatic heterocycles. The zero-order valence-corrected chi connectivity index (χ0v) is 11.3. The third-order valence-corrected chi connectivity index (χ3v) is 2.74. The summed E-state index contributed by atoms with van der Waals surface area (Å²) in [5.41, 5.74) is 1.13. The summed E-state index contributed by atoms with van der Waals surface area (Å²) in [5, 5.41) is 13.0. The summed E-state index contributed by atoms with van der Waals surface area (Å²) in [6.45, 7) is 7.00. The Labute approximate surface area is 108 Å². The molecule has 0 aromatic heterocycles. The van der Waals surface area contributed by atoms with Crippen LogP contribution in [0, 0.1) is 0 Å². The van der Waals surface area contributed by atoms with Crippen LogP contribution in [0.15, 0.2) is 18.2 Å². The predicted molar refractivity (Wildman–Crippen MR) is 70.7 cm³/mol. The van der Waals surface area contributed by atoms with E-state index >= 15 is 0 Å².